The first-order valence-corrected chi connectivity index (χ1v) is 7.38. The summed E-state index contributed by atoms with van der Waals surface area (Å²) in [6, 6.07) is 11.4. The number of rotatable bonds is 5. The van der Waals surface area contributed by atoms with Crippen LogP contribution < -0.4 is 10.6 Å². The zero-order valence-corrected chi connectivity index (χ0v) is 13.0. The lowest BCUT2D eigenvalue weighted by Crippen LogP contribution is -2.24. The van der Waals surface area contributed by atoms with Crippen LogP contribution in [0.3, 0.4) is 0 Å². The van der Waals surface area contributed by atoms with E-state index in [1.165, 1.54) is 6.26 Å². The highest BCUT2D eigenvalue weighted by Gasteiger charge is 2.15. The number of nitrogens with zero attached hydrogens (tertiary/aromatic N) is 2. The van der Waals surface area contributed by atoms with E-state index in [1.54, 1.807) is 66.5 Å². The molecule has 0 radical (unpaired) electrons. The monoisotopic (exact) mass is 324 g/mol. The summed E-state index contributed by atoms with van der Waals surface area (Å²) in [5.41, 5.74) is 1.14. The number of aromatic nitrogens is 2. The van der Waals surface area contributed by atoms with E-state index in [-0.39, 0.29) is 17.6 Å². The van der Waals surface area contributed by atoms with Crippen LogP contribution in [0.1, 0.15) is 23.5 Å². The van der Waals surface area contributed by atoms with Gasteiger partial charge in [0.15, 0.2) is 5.76 Å². The van der Waals surface area contributed by atoms with Gasteiger partial charge in [-0.1, -0.05) is 6.07 Å². The van der Waals surface area contributed by atoms with Crippen LogP contribution in [0.4, 0.5) is 11.4 Å². The standard InChI is InChI=1S/C17H16N4O3/c1-12(21-9-4-8-18-21)16(22)19-13-5-2-6-14(11-13)20-17(23)15-7-3-10-24-15/h2-12H,1H3,(H,19,22)(H,20,23)/t12-/m0/s1. The van der Waals surface area contributed by atoms with Crippen LogP contribution in [-0.2, 0) is 4.79 Å². The third-order valence-corrected chi connectivity index (χ3v) is 3.43. The van der Waals surface area contributed by atoms with Gasteiger partial charge in [0.25, 0.3) is 5.91 Å². The van der Waals surface area contributed by atoms with Gasteiger partial charge in [0.05, 0.1) is 6.26 Å². The molecule has 2 aromatic heterocycles. The Morgan fingerprint density at radius 3 is 2.58 bits per heavy atom. The number of carbonyl (C=O) groups excluding carboxylic acids is 2. The second-order valence-corrected chi connectivity index (χ2v) is 5.16. The van der Waals surface area contributed by atoms with E-state index in [1.807, 2.05) is 0 Å². The molecule has 2 N–H and O–H groups in total. The quantitative estimate of drug-likeness (QED) is 0.755. The molecule has 0 fully saturated rings. The highest BCUT2D eigenvalue weighted by Crippen LogP contribution is 2.18. The molecule has 0 bridgehead atoms. The lowest BCUT2D eigenvalue weighted by atomic mass is 10.2. The molecule has 1 atom stereocenters. The molecule has 3 rings (SSSR count). The van der Waals surface area contributed by atoms with Gasteiger partial charge in [-0.3, -0.25) is 14.3 Å². The Kier molecular flexibility index (Phi) is 4.42. The summed E-state index contributed by atoms with van der Waals surface area (Å²) in [5.74, 6) is -0.335. The third-order valence-electron chi connectivity index (χ3n) is 3.43. The maximum atomic E-state index is 12.3. The van der Waals surface area contributed by atoms with Gasteiger partial charge in [-0.25, -0.2) is 0 Å². The Morgan fingerprint density at radius 1 is 1.12 bits per heavy atom. The first kappa shape index (κ1) is 15.5. The minimum Gasteiger partial charge on any atom is -0.459 e. The second-order valence-electron chi connectivity index (χ2n) is 5.16. The van der Waals surface area contributed by atoms with E-state index in [2.05, 4.69) is 15.7 Å². The Morgan fingerprint density at radius 2 is 1.92 bits per heavy atom. The van der Waals surface area contributed by atoms with E-state index in [4.69, 9.17) is 4.42 Å². The van der Waals surface area contributed by atoms with Crippen LogP contribution in [0, 0.1) is 0 Å². The highest BCUT2D eigenvalue weighted by molar-refractivity contribution is 6.02. The molecule has 0 aliphatic carbocycles. The fourth-order valence-corrected chi connectivity index (χ4v) is 2.15. The molecule has 122 valence electrons. The summed E-state index contributed by atoms with van der Waals surface area (Å²) in [7, 11) is 0. The summed E-state index contributed by atoms with van der Waals surface area (Å²) in [6.07, 6.45) is 4.78. The lowest BCUT2D eigenvalue weighted by molar-refractivity contribution is -0.119. The molecule has 0 saturated carbocycles. The van der Waals surface area contributed by atoms with E-state index >= 15 is 0 Å². The van der Waals surface area contributed by atoms with Crippen LogP contribution in [0.25, 0.3) is 0 Å². The minimum atomic E-state index is -0.443. The fourth-order valence-electron chi connectivity index (χ4n) is 2.15. The zero-order valence-electron chi connectivity index (χ0n) is 13.0. The van der Waals surface area contributed by atoms with Gasteiger partial charge in [0.1, 0.15) is 6.04 Å². The summed E-state index contributed by atoms with van der Waals surface area (Å²) in [6.45, 7) is 1.75. The summed E-state index contributed by atoms with van der Waals surface area (Å²) in [4.78, 5) is 24.2. The van der Waals surface area contributed by atoms with Crippen LogP contribution >= 0.6 is 0 Å². The Balaban J connectivity index is 1.67. The van der Waals surface area contributed by atoms with Crippen molar-refractivity contribution >= 4 is 23.2 Å². The van der Waals surface area contributed by atoms with Gasteiger partial charge < -0.3 is 15.1 Å². The fraction of sp³-hybridized carbons (Fsp3) is 0.118. The normalized spacial score (nSPS) is 11.7. The van der Waals surface area contributed by atoms with Crippen LogP contribution in [-0.4, -0.2) is 21.6 Å². The number of furan rings is 1. The first-order chi connectivity index (χ1) is 11.6. The van der Waals surface area contributed by atoms with Gasteiger partial charge in [-0.2, -0.15) is 5.10 Å². The molecule has 0 aliphatic heterocycles. The van der Waals surface area contributed by atoms with Crippen molar-refractivity contribution in [3.8, 4) is 0 Å². The first-order valence-electron chi connectivity index (χ1n) is 7.38. The van der Waals surface area contributed by atoms with Gasteiger partial charge in [-0.05, 0) is 43.3 Å². The van der Waals surface area contributed by atoms with E-state index in [0.29, 0.717) is 11.4 Å². The minimum absolute atomic E-state index is 0.201. The molecule has 0 saturated heterocycles. The van der Waals surface area contributed by atoms with Gasteiger partial charge in [0.2, 0.25) is 5.91 Å². The second kappa shape index (κ2) is 6.82. The van der Waals surface area contributed by atoms with E-state index in [9.17, 15) is 9.59 Å². The number of carbonyl (C=O) groups is 2. The molecule has 0 spiro atoms. The average molecular weight is 324 g/mol. The van der Waals surface area contributed by atoms with Gasteiger partial charge in [-0.15, -0.1) is 0 Å². The van der Waals surface area contributed by atoms with Crippen molar-refractivity contribution in [2.45, 2.75) is 13.0 Å². The van der Waals surface area contributed by atoms with Crippen molar-refractivity contribution < 1.29 is 14.0 Å². The van der Waals surface area contributed by atoms with Crippen molar-refractivity contribution in [1.29, 1.82) is 0 Å². The van der Waals surface area contributed by atoms with Crippen LogP contribution in [0.15, 0.2) is 65.5 Å². The molecule has 0 unspecified atom stereocenters. The van der Waals surface area contributed by atoms with Crippen molar-refractivity contribution in [2.24, 2.45) is 0 Å². The van der Waals surface area contributed by atoms with E-state index < -0.39 is 6.04 Å². The summed E-state index contributed by atoms with van der Waals surface area (Å²) in [5, 5.41) is 9.57. The Hall–Kier alpha value is -3.35. The number of hydrogen-bond donors (Lipinski definition) is 2. The molecule has 0 aliphatic rings. The zero-order chi connectivity index (χ0) is 16.9. The lowest BCUT2D eigenvalue weighted by Gasteiger charge is -2.13. The smallest absolute Gasteiger partial charge is 0.291 e. The number of hydrogen-bond acceptors (Lipinski definition) is 4. The maximum Gasteiger partial charge on any atom is 0.291 e. The van der Waals surface area contributed by atoms with E-state index in [0.717, 1.165) is 0 Å². The molecular formula is C17H16N4O3. The molecule has 1 aromatic carbocycles. The average Bonchev–Trinajstić information content (AvgIpc) is 3.28. The predicted molar refractivity (Wildman–Crippen MR) is 88.7 cm³/mol. The molecule has 2 amide bonds. The summed E-state index contributed by atoms with van der Waals surface area (Å²) >= 11 is 0. The van der Waals surface area contributed by atoms with Crippen molar-refractivity contribution in [3.05, 3.63) is 66.9 Å². The topological polar surface area (TPSA) is 89.2 Å². The number of anilines is 2. The maximum absolute atomic E-state index is 12.3. The van der Waals surface area contributed by atoms with Crippen molar-refractivity contribution in [3.63, 3.8) is 0 Å². The number of nitrogens with one attached hydrogen (secondary N) is 2. The van der Waals surface area contributed by atoms with Crippen LogP contribution in [0.5, 0.6) is 0 Å². The highest BCUT2D eigenvalue weighted by atomic mass is 16.3. The Bertz CT molecular complexity index is 825. The van der Waals surface area contributed by atoms with Crippen molar-refractivity contribution in [1.82, 2.24) is 9.78 Å². The van der Waals surface area contributed by atoms with Gasteiger partial charge >= 0.3 is 0 Å². The molecule has 7 heteroatoms. The van der Waals surface area contributed by atoms with Crippen molar-refractivity contribution in [2.75, 3.05) is 10.6 Å². The SMILES string of the molecule is C[C@@H](C(=O)Nc1cccc(NC(=O)c2ccco2)c1)n1cccn1. The molecular weight excluding hydrogens is 308 g/mol. The number of benzene rings is 1. The predicted octanol–water partition coefficient (Wildman–Crippen LogP) is 2.93. The molecule has 2 heterocycles. The summed E-state index contributed by atoms with van der Waals surface area (Å²) < 4.78 is 6.61. The largest absolute Gasteiger partial charge is 0.459 e. The third kappa shape index (κ3) is 3.52. The number of amides is 2. The van der Waals surface area contributed by atoms with Gasteiger partial charge in [0, 0.05) is 23.8 Å². The molecule has 3 aromatic rings. The van der Waals surface area contributed by atoms with Crippen LogP contribution in [0.2, 0.25) is 0 Å². The molecule has 24 heavy (non-hydrogen) atoms. The molecule has 7 nitrogen and oxygen atoms in total. The Labute approximate surface area is 138 Å².